The van der Waals surface area contributed by atoms with Crippen molar-refractivity contribution in [1.29, 1.82) is 0 Å². The van der Waals surface area contributed by atoms with Crippen molar-refractivity contribution >= 4 is 40.3 Å². The van der Waals surface area contributed by atoms with Gasteiger partial charge in [0, 0.05) is 30.8 Å². The Hall–Kier alpha value is -2.75. The fraction of sp³-hybridized carbons (Fsp3) is 0.440. The Morgan fingerprint density at radius 1 is 1.24 bits per heavy atom. The first kappa shape index (κ1) is 24.4. The third-order valence-corrected chi connectivity index (χ3v) is 6.33. The summed E-state index contributed by atoms with van der Waals surface area (Å²) in [4.78, 5) is 14.8. The number of carbonyl (C=O) groups is 1. The van der Waals surface area contributed by atoms with Crippen LogP contribution in [0.25, 0.3) is 0 Å². The van der Waals surface area contributed by atoms with Gasteiger partial charge in [-0.25, -0.2) is 4.39 Å². The Labute approximate surface area is 204 Å². The van der Waals surface area contributed by atoms with Crippen LogP contribution in [0, 0.1) is 11.7 Å². The lowest BCUT2D eigenvalue weighted by molar-refractivity contribution is -0.161. The van der Waals surface area contributed by atoms with Gasteiger partial charge in [0.05, 0.1) is 18.0 Å². The fourth-order valence-electron chi connectivity index (χ4n) is 4.22. The molecular weight excluding hydrogens is 457 g/mol. The molecule has 0 aliphatic carbocycles. The van der Waals surface area contributed by atoms with Gasteiger partial charge in [-0.05, 0) is 80.2 Å². The minimum absolute atomic E-state index is 0.0144. The second-order valence-electron chi connectivity index (χ2n) is 8.68. The van der Waals surface area contributed by atoms with E-state index in [1.807, 2.05) is 13.0 Å². The van der Waals surface area contributed by atoms with Crippen LogP contribution in [0.2, 0.25) is 0 Å². The van der Waals surface area contributed by atoms with Gasteiger partial charge in [-0.1, -0.05) is 6.92 Å². The van der Waals surface area contributed by atoms with Crippen molar-refractivity contribution in [3.8, 4) is 5.75 Å². The van der Waals surface area contributed by atoms with Crippen LogP contribution in [-0.4, -0.2) is 42.2 Å². The Kier molecular flexibility index (Phi) is 7.97. The molecule has 9 heteroatoms. The van der Waals surface area contributed by atoms with Crippen LogP contribution in [0.1, 0.15) is 38.2 Å². The number of amides is 1. The lowest BCUT2D eigenvalue weighted by atomic mass is 10.0. The summed E-state index contributed by atoms with van der Waals surface area (Å²) < 4.78 is 24.6. The number of ether oxygens (including phenoxy) is 2. The van der Waals surface area contributed by atoms with Gasteiger partial charge in [0.1, 0.15) is 11.6 Å². The minimum Gasteiger partial charge on any atom is -0.506 e. The third kappa shape index (κ3) is 6.02. The number of aromatic hydroxyl groups is 1. The summed E-state index contributed by atoms with van der Waals surface area (Å²) in [6.07, 6.45) is 4.17. The first-order valence-electron chi connectivity index (χ1n) is 11.6. The minimum atomic E-state index is -0.335. The van der Waals surface area contributed by atoms with E-state index in [0.29, 0.717) is 49.7 Å². The maximum absolute atomic E-state index is 13.1. The van der Waals surface area contributed by atoms with Crippen molar-refractivity contribution in [2.45, 2.75) is 45.3 Å². The van der Waals surface area contributed by atoms with E-state index in [4.69, 9.17) is 21.7 Å². The fourth-order valence-corrected chi connectivity index (χ4v) is 4.45. The Morgan fingerprint density at radius 3 is 2.76 bits per heavy atom. The van der Waals surface area contributed by atoms with Gasteiger partial charge in [0.2, 0.25) is 5.91 Å². The van der Waals surface area contributed by atoms with Crippen molar-refractivity contribution in [3.63, 3.8) is 0 Å². The quantitative estimate of drug-likeness (QED) is 0.399. The molecule has 2 aromatic rings. The lowest BCUT2D eigenvalue weighted by Gasteiger charge is -2.28. The van der Waals surface area contributed by atoms with E-state index in [1.165, 1.54) is 12.1 Å². The summed E-state index contributed by atoms with van der Waals surface area (Å²) in [5, 5.41) is 16.9. The van der Waals surface area contributed by atoms with Gasteiger partial charge >= 0.3 is 0 Å². The summed E-state index contributed by atoms with van der Waals surface area (Å²) in [6.45, 7) is 3.36. The summed E-state index contributed by atoms with van der Waals surface area (Å²) >= 11 is 5.35. The Morgan fingerprint density at radius 2 is 2.03 bits per heavy atom. The highest BCUT2D eigenvalue weighted by Crippen LogP contribution is 2.37. The molecule has 4 rings (SSSR count). The highest BCUT2D eigenvalue weighted by Gasteiger charge is 2.29. The summed E-state index contributed by atoms with van der Waals surface area (Å²) in [5.74, 6) is -0.484. The van der Waals surface area contributed by atoms with Crippen LogP contribution >= 0.6 is 12.2 Å². The average Bonchev–Trinajstić information content (AvgIpc) is 2.93. The van der Waals surface area contributed by atoms with Gasteiger partial charge in [0.25, 0.3) is 0 Å². The van der Waals surface area contributed by atoms with E-state index in [2.05, 4.69) is 10.6 Å². The number of anilines is 3. The smallest absolute Gasteiger partial charge is 0.229 e. The molecule has 34 heavy (non-hydrogen) atoms. The number of hydrogen-bond acceptors (Lipinski definition) is 5. The number of nitrogens with zero attached hydrogens (tertiary/aromatic N) is 1. The maximum atomic E-state index is 13.1. The van der Waals surface area contributed by atoms with Crippen molar-refractivity contribution < 1.29 is 23.8 Å². The molecule has 0 bridgehead atoms. The molecule has 0 radical (unpaired) electrons. The number of benzene rings is 2. The molecule has 0 spiro atoms. The van der Waals surface area contributed by atoms with Crippen LogP contribution in [0.4, 0.5) is 21.5 Å². The van der Waals surface area contributed by atoms with Gasteiger partial charge in [-0.15, -0.1) is 0 Å². The molecule has 3 N–H and O–H groups in total. The molecule has 1 saturated heterocycles. The summed E-state index contributed by atoms with van der Waals surface area (Å²) in [5.41, 5.74) is 2.69. The van der Waals surface area contributed by atoms with Gasteiger partial charge < -0.3 is 30.1 Å². The van der Waals surface area contributed by atoms with Crippen molar-refractivity contribution in [3.05, 3.63) is 47.8 Å². The summed E-state index contributed by atoms with van der Waals surface area (Å²) in [6, 6.07) is 9.25. The predicted molar refractivity (Wildman–Crippen MR) is 134 cm³/mol. The number of aryl methyl sites for hydroxylation is 1. The largest absolute Gasteiger partial charge is 0.506 e. The molecule has 1 amide bonds. The van der Waals surface area contributed by atoms with E-state index >= 15 is 0 Å². The zero-order chi connectivity index (χ0) is 24.1. The molecule has 182 valence electrons. The number of thiocarbonyl (C=S) groups is 1. The van der Waals surface area contributed by atoms with E-state index in [1.54, 1.807) is 23.1 Å². The second-order valence-corrected chi connectivity index (χ2v) is 9.09. The zero-order valence-corrected chi connectivity index (χ0v) is 20.0. The van der Waals surface area contributed by atoms with Crippen LogP contribution in [-0.2, 0) is 20.7 Å². The highest BCUT2D eigenvalue weighted by atomic mass is 32.1. The van der Waals surface area contributed by atoms with Gasteiger partial charge in [-0.3, -0.25) is 4.79 Å². The van der Waals surface area contributed by atoms with Crippen LogP contribution in [0.15, 0.2) is 36.4 Å². The Balaban J connectivity index is 1.47. The number of phenols is 1. The zero-order valence-electron chi connectivity index (χ0n) is 19.2. The normalized spacial score (nSPS) is 20.4. The molecule has 2 aliphatic heterocycles. The molecule has 2 heterocycles. The number of nitrogens with one attached hydrogen (secondary N) is 2. The molecule has 2 atom stereocenters. The van der Waals surface area contributed by atoms with Gasteiger partial charge in [-0.2, -0.15) is 0 Å². The molecule has 2 aliphatic rings. The molecule has 0 aromatic heterocycles. The topological polar surface area (TPSA) is 83.1 Å². The third-order valence-electron chi connectivity index (χ3n) is 6.13. The number of phenolic OH excluding ortho intramolecular Hbond substituents is 1. The Bertz CT molecular complexity index is 1030. The van der Waals surface area contributed by atoms with E-state index in [0.717, 1.165) is 24.8 Å². The average molecular weight is 488 g/mol. The van der Waals surface area contributed by atoms with E-state index < -0.39 is 0 Å². The van der Waals surface area contributed by atoms with E-state index in [9.17, 15) is 14.3 Å². The molecular formula is C25H30FN3O4S. The van der Waals surface area contributed by atoms with Gasteiger partial charge in [0.15, 0.2) is 11.4 Å². The van der Waals surface area contributed by atoms with Crippen molar-refractivity contribution in [2.24, 2.45) is 5.92 Å². The van der Waals surface area contributed by atoms with E-state index in [-0.39, 0.29) is 34.8 Å². The van der Waals surface area contributed by atoms with Crippen LogP contribution < -0.4 is 15.5 Å². The van der Waals surface area contributed by atoms with Crippen molar-refractivity contribution in [2.75, 3.05) is 35.3 Å². The number of carbonyl (C=O) groups excluding carboxylic acids is 1. The van der Waals surface area contributed by atoms with Crippen molar-refractivity contribution in [1.82, 2.24) is 0 Å². The monoisotopic (exact) mass is 487 g/mol. The molecule has 7 nitrogen and oxygen atoms in total. The number of halogens is 1. The first-order chi connectivity index (χ1) is 16.4. The molecule has 0 saturated carbocycles. The summed E-state index contributed by atoms with van der Waals surface area (Å²) in [7, 11) is 0. The number of rotatable bonds is 6. The number of hydrogen-bond donors (Lipinski definition) is 3. The van der Waals surface area contributed by atoms with Crippen LogP contribution in [0.3, 0.4) is 0 Å². The first-order valence-corrected chi connectivity index (χ1v) is 12.1. The molecule has 1 fully saturated rings. The maximum Gasteiger partial charge on any atom is 0.229 e. The van der Waals surface area contributed by atoms with Crippen LogP contribution in [0.5, 0.6) is 5.75 Å². The standard InChI is InChI=1S/C25H30FN3O4S/c1-16-5-6-17-14-20(28-25(34)27-19-9-7-18(26)8-10-19)22(30)15-21(17)29(24(16)31)11-13-33-23-4-2-3-12-32-23/h7-10,14-16,23,30H,2-6,11-13H2,1H3,(H2,27,28,34). The highest BCUT2D eigenvalue weighted by molar-refractivity contribution is 7.80. The SMILES string of the molecule is CC1CCc2cc(NC(=S)Nc3ccc(F)cc3)c(O)cc2N(CCOC2CCCCO2)C1=O. The molecule has 2 aromatic carbocycles. The number of fused-ring (bicyclic) bond motifs is 1. The lowest BCUT2D eigenvalue weighted by Crippen LogP contribution is -2.38. The predicted octanol–water partition coefficient (Wildman–Crippen LogP) is 4.80. The second kappa shape index (κ2) is 11.1. The molecule has 2 unspecified atom stereocenters.